The molecule has 0 saturated carbocycles. The summed E-state index contributed by atoms with van der Waals surface area (Å²) in [5, 5.41) is 10.8. The molecule has 4 aromatic heterocycles. The zero-order valence-corrected chi connectivity index (χ0v) is 18.1. The Hall–Kier alpha value is -3.11. The average Bonchev–Trinajstić information content (AvgIpc) is 3.37. The molecule has 0 aliphatic rings. The molecule has 0 aromatic carbocycles. The fourth-order valence-corrected chi connectivity index (χ4v) is 2.34. The molecule has 2 N–H and O–H groups in total. The molecule has 0 fully saturated rings. The normalized spacial score (nSPS) is 11.3. The van der Waals surface area contributed by atoms with Gasteiger partial charge in [-0.2, -0.15) is 31.4 Å². The van der Waals surface area contributed by atoms with Crippen LogP contribution in [0, 0.1) is 0 Å². The highest BCUT2D eigenvalue weighted by molar-refractivity contribution is 5.47. The van der Waals surface area contributed by atoms with Gasteiger partial charge >= 0.3 is 24.0 Å². The molecule has 0 unspecified atom stereocenters. The number of rotatable bonds is 2. The fourth-order valence-electron chi connectivity index (χ4n) is 2.34. The molecule has 0 amide bonds. The molecule has 0 saturated heterocycles. The average molecular weight is 570 g/mol. The van der Waals surface area contributed by atoms with Gasteiger partial charge in [0, 0.05) is 17.5 Å². The van der Waals surface area contributed by atoms with Crippen molar-refractivity contribution in [1.82, 2.24) is 35.3 Å². The van der Waals surface area contributed by atoms with Crippen molar-refractivity contribution in [2.45, 2.75) is 12.4 Å². The molecule has 0 spiro atoms. The number of pyridine rings is 2. The van der Waals surface area contributed by atoms with E-state index in [2.05, 4.69) is 25.1 Å². The second-order valence-electron chi connectivity index (χ2n) is 5.89. The zero-order valence-electron chi connectivity index (χ0n) is 15.9. The van der Waals surface area contributed by atoms with Crippen LogP contribution >= 0.6 is 0 Å². The van der Waals surface area contributed by atoms with Gasteiger partial charge in [0.25, 0.3) is 0 Å². The summed E-state index contributed by atoms with van der Waals surface area (Å²) in [6.07, 6.45) is -6.01. The first-order valence-electron chi connectivity index (χ1n) is 8.41. The Bertz CT molecular complexity index is 1130. The third kappa shape index (κ3) is 5.98. The van der Waals surface area contributed by atoms with Crippen molar-refractivity contribution in [2.24, 2.45) is 7.05 Å². The van der Waals surface area contributed by atoms with Crippen LogP contribution < -0.4 is 28.5 Å². The van der Waals surface area contributed by atoms with Crippen molar-refractivity contribution in [1.29, 1.82) is 0 Å². The van der Waals surface area contributed by atoms with E-state index in [0.29, 0.717) is 11.4 Å². The topological polar surface area (TPSA) is 99.9 Å². The number of alkyl halides is 6. The van der Waals surface area contributed by atoms with Gasteiger partial charge in [-0.1, -0.05) is 12.1 Å². The Kier molecular flexibility index (Phi) is 7.87. The first kappa shape index (κ1) is 25.2. The maximum absolute atomic E-state index is 12.5. The summed E-state index contributed by atoms with van der Waals surface area (Å²) in [6.45, 7) is 0. The molecule has 0 aliphatic carbocycles. The number of hydrogen-bond acceptors (Lipinski definition) is 5. The van der Waals surface area contributed by atoms with Crippen LogP contribution in [-0.2, 0) is 19.4 Å². The lowest BCUT2D eigenvalue weighted by atomic mass is 10.3. The van der Waals surface area contributed by atoms with Crippen molar-refractivity contribution >= 4 is 0 Å². The van der Waals surface area contributed by atoms with Crippen LogP contribution in [0.4, 0.5) is 26.3 Å². The van der Waals surface area contributed by atoms with Crippen LogP contribution in [0.3, 0.4) is 0 Å². The molecule has 4 aromatic rings. The summed E-state index contributed by atoms with van der Waals surface area (Å²) in [4.78, 5) is 11.1. The summed E-state index contributed by atoms with van der Waals surface area (Å²) in [5.74, 6) is -1.95. The quantitative estimate of drug-likeness (QED) is 0.204. The Labute approximate surface area is 193 Å². The number of aromatic amines is 2. The van der Waals surface area contributed by atoms with Crippen molar-refractivity contribution in [3.05, 3.63) is 60.4 Å². The van der Waals surface area contributed by atoms with Gasteiger partial charge in [0.2, 0.25) is 5.82 Å². The first-order chi connectivity index (χ1) is 14.6. The Morgan fingerprint density at radius 2 is 1.38 bits per heavy atom. The lowest BCUT2D eigenvalue weighted by Gasteiger charge is -2.00. The van der Waals surface area contributed by atoms with Crippen molar-refractivity contribution in [3.63, 3.8) is 0 Å². The lowest BCUT2D eigenvalue weighted by Crippen LogP contribution is -3.00. The van der Waals surface area contributed by atoms with Gasteiger partial charge in [0.1, 0.15) is 11.4 Å². The van der Waals surface area contributed by atoms with Gasteiger partial charge in [-0.3, -0.25) is 10.1 Å². The van der Waals surface area contributed by atoms with Gasteiger partial charge < -0.3 is 24.0 Å². The highest BCUT2D eigenvalue weighted by Gasteiger charge is 2.42. The summed E-state index contributed by atoms with van der Waals surface area (Å²) in [5.41, 5.74) is 0.681. The van der Waals surface area contributed by atoms with E-state index < -0.39 is 24.0 Å². The molecule has 0 bridgehead atoms. The monoisotopic (exact) mass is 570 g/mol. The van der Waals surface area contributed by atoms with Gasteiger partial charge in [-0.15, -0.1) is 5.10 Å². The smallest absolute Gasteiger partial charge is 0.481 e. The maximum Gasteiger partial charge on any atom is 0.481 e. The molecule has 0 aliphatic heterocycles. The molecule has 170 valence electrons. The van der Waals surface area contributed by atoms with E-state index in [0.717, 1.165) is 4.57 Å². The zero-order chi connectivity index (χ0) is 22.6. The predicted molar refractivity (Wildman–Crippen MR) is 92.6 cm³/mol. The lowest BCUT2D eigenvalue weighted by molar-refractivity contribution is -0.681. The van der Waals surface area contributed by atoms with Gasteiger partial charge in [0.05, 0.1) is 7.05 Å². The van der Waals surface area contributed by atoms with Gasteiger partial charge in [-0.25, -0.2) is 14.5 Å². The van der Waals surface area contributed by atoms with Crippen LogP contribution in [0.15, 0.2) is 48.8 Å². The molecule has 4 heterocycles. The fraction of sp³-hybridized carbons (Fsp3) is 0.176. The molecule has 8 nitrogen and oxygen atoms in total. The molecular weight excluding hydrogens is 557 g/mol. The minimum Gasteiger partial charge on any atom is -1.00 e. The van der Waals surface area contributed by atoms with Crippen LogP contribution in [0.25, 0.3) is 23.0 Å². The van der Waals surface area contributed by atoms with Crippen LogP contribution in [0.5, 0.6) is 0 Å². The van der Waals surface area contributed by atoms with E-state index in [4.69, 9.17) is 0 Å². The second-order valence-corrected chi connectivity index (χ2v) is 5.89. The summed E-state index contributed by atoms with van der Waals surface area (Å²) in [6, 6.07) is 9.79. The van der Waals surface area contributed by atoms with E-state index in [1.807, 2.05) is 10.2 Å². The van der Waals surface area contributed by atoms with Gasteiger partial charge in [-0.05, 0) is 24.3 Å². The van der Waals surface area contributed by atoms with Crippen molar-refractivity contribution in [3.8, 4) is 23.0 Å². The van der Waals surface area contributed by atoms with Crippen LogP contribution in [-0.4, -0.2) is 35.3 Å². The maximum atomic E-state index is 12.5. The van der Waals surface area contributed by atoms with E-state index in [9.17, 15) is 26.3 Å². The first-order valence-corrected chi connectivity index (χ1v) is 8.41. The summed E-state index contributed by atoms with van der Waals surface area (Å²) < 4.78 is 74.8. The van der Waals surface area contributed by atoms with Crippen LogP contribution in [0.2, 0.25) is 0 Å². The molecule has 4 rings (SSSR count). The number of hydrogen-bond donors (Lipinski definition) is 2. The minimum absolute atomic E-state index is 0. The largest absolute Gasteiger partial charge is 1.00 e. The van der Waals surface area contributed by atoms with E-state index in [1.54, 1.807) is 30.3 Å². The van der Waals surface area contributed by atoms with Crippen molar-refractivity contribution in [2.75, 3.05) is 0 Å². The number of halogens is 7. The second kappa shape index (κ2) is 10.0. The molecule has 0 atom stereocenters. The number of nitrogens with zero attached hydrogens (tertiary/aromatic N) is 6. The number of nitrogens with one attached hydrogen (secondary N) is 2. The third-order valence-corrected chi connectivity index (χ3v) is 3.73. The highest BCUT2D eigenvalue weighted by Crippen LogP contribution is 2.27. The van der Waals surface area contributed by atoms with Crippen LogP contribution in [0.1, 0.15) is 11.6 Å². The van der Waals surface area contributed by atoms with E-state index in [1.165, 1.54) is 25.5 Å². The molecule has 32 heavy (non-hydrogen) atoms. The predicted octanol–water partition coefficient (Wildman–Crippen LogP) is 0.204. The third-order valence-electron chi connectivity index (χ3n) is 3.73. The van der Waals surface area contributed by atoms with E-state index in [-0.39, 0.29) is 35.6 Å². The number of H-pyrrole nitrogens is 2. The van der Waals surface area contributed by atoms with Gasteiger partial charge in [0.15, 0.2) is 5.82 Å². The standard InChI is InChI=1S/C9H7F3N4.C8H5F3N4.HI/c1-16-7(6-4-2-3-5-13-6)14-15-8(16)9(10,11)12;9-8(10,11)7-13-6(14-15-7)5-3-1-2-4-12-5;/h2-5H,1H3;1-4H,(H,13,14,15);1H. The number of aromatic nitrogens is 8. The molecular formula is C17H13F6IN8. The molecule has 15 heteroatoms. The van der Waals surface area contributed by atoms with Crippen molar-refractivity contribution < 1.29 is 54.9 Å². The Morgan fingerprint density at radius 1 is 0.781 bits per heavy atom. The Morgan fingerprint density at radius 3 is 1.81 bits per heavy atom. The summed E-state index contributed by atoms with van der Waals surface area (Å²) in [7, 11) is 1.29. The highest BCUT2D eigenvalue weighted by atomic mass is 127. The summed E-state index contributed by atoms with van der Waals surface area (Å²) >= 11 is 0. The SMILES string of the molecule is C[n+]1c(-c2ccccn2)n[nH]c1C(F)(F)F.FC(F)(F)c1nc(-c2ccccn2)n[nH]1.[I-]. The minimum atomic E-state index is -4.51. The Balaban J connectivity index is 0.000000220. The van der Waals surface area contributed by atoms with E-state index >= 15 is 0 Å². The molecule has 0 radical (unpaired) electrons.